The molecule has 2 heterocycles. The summed E-state index contributed by atoms with van der Waals surface area (Å²) >= 11 is 0. The Kier molecular flexibility index (Phi) is 5.40. The van der Waals surface area contributed by atoms with Gasteiger partial charge in [0.25, 0.3) is 0 Å². The highest BCUT2D eigenvalue weighted by molar-refractivity contribution is 5.83. The molecule has 0 saturated carbocycles. The minimum Gasteiger partial charge on any atom is -0.453 e. The first-order chi connectivity index (χ1) is 10.6. The fourth-order valence-electron chi connectivity index (χ4n) is 2.16. The molecule has 1 aliphatic rings. The van der Waals surface area contributed by atoms with E-state index in [2.05, 4.69) is 19.9 Å². The summed E-state index contributed by atoms with van der Waals surface area (Å²) in [7, 11) is 1.30. The summed E-state index contributed by atoms with van der Waals surface area (Å²) in [6, 6.07) is 3.59. The molecule has 1 aromatic heterocycles. The lowest BCUT2D eigenvalue weighted by molar-refractivity contribution is 0.105. The van der Waals surface area contributed by atoms with Crippen LogP contribution in [-0.4, -0.2) is 62.0 Å². The van der Waals surface area contributed by atoms with Gasteiger partial charge in [-0.2, -0.15) is 0 Å². The maximum absolute atomic E-state index is 11.6. The van der Waals surface area contributed by atoms with Crippen molar-refractivity contribution in [2.45, 2.75) is 6.92 Å². The minimum atomic E-state index is -0.552. The molecule has 8 heteroatoms. The van der Waals surface area contributed by atoms with Crippen LogP contribution in [-0.2, 0) is 9.47 Å². The zero-order valence-electron chi connectivity index (χ0n) is 12.7. The van der Waals surface area contributed by atoms with Crippen LogP contribution in [0.15, 0.2) is 18.3 Å². The number of amides is 2. The molecule has 0 unspecified atom stereocenters. The van der Waals surface area contributed by atoms with Crippen molar-refractivity contribution in [1.29, 1.82) is 0 Å². The quantitative estimate of drug-likeness (QED) is 0.912. The first-order valence-electron chi connectivity index (χ1n) is 7.11. The molecule has 0 atom stereocenters. The molecule has 8 nitrogen and oxygen atoms in total. The van der Waals surface area contributed by atoms with Crippen LogP contribution in [0.4, 0.5) is 21.1 Å². The average Bonchev–Trinajstić information content (AvgIpc) is 2.56. The van der Waals surface area contributed by atoms with Crippen LogP contribution in [0.5, 0.6) is 0 Å². The van der Waals surface area contributed by atoms with Gasteiger partial charge in [0, 0.05) is 26.2 Å². The average molecular weight is 308 g/mol. The molecular formula is C14H20N4O4. The van der Waals surface area contributed by atoms with Gasteiger partial charge in [-0.05, 0) is 19.1 Å². The van der Waals surface area contributed by atoms with Gasteiger partial charge in [-0.3, -0.25) is 5.32 Å². The van der Waals surface area contributed by atoms with Crippen LogP contribution in [0.2, 0.25) is 0 Å². The van der Waals surface area contributed by atoms with E-state index < -0.39 is 6.09 Å². The molecule has 1 saturated heterocycles. The van der Waals surface area contributed by atoms with Gasteiger partial charge >= 0.3 is 12.2 Å². The molecule has 2 rings (SSSR count). The largest absolute Gasteiger partial charge is 0.453 e. The van der Waals surface area contributed by atoms with Crippen molar-refractivity contribution in [2.75, 3.05) is 50.1 Å². The number of nitrogens with zero attached hydrogens (tertiary/aromatic N) is 3. The van der Waals surface area contributed by atoms with E-state index in [1.54, 1.807) is 24.1 Å². The van der Waals surface area contributed by atoms with Crippen molar-refractivity contribution in [3.8, 4) is 0 Å². The second kappa shape index (κ2) is 7.48. The number of hydrogen-bond donors (Lipinski definition) is 1. The zero-order valence-corrected chi connectivity index (χ0v) is 12.7. The Morgan fingerprint density at radius 2 is 2.00 bits per heavy atom. The molecule has 1 N–H and O–H groups in total. The first-order valence-corrected chi connectivity index (χ1v) is 7.11. The topological polar surface area (TPSA) is 84.0 Å². The predicted octanol–water partition coefficient (Wildman–Crippen LogP) is 1.54. The molecule has 0 aliphatic carbocycles. The summed E-state index contributed by atoms with van der Waals surface area (Å²) in [4.78, 5) is 30.7. The van der Waals surface area contributed by atoms with Crippen molar-refractivity contribution in [2.24, 2.45) is 0 Å². The highest BCUT2D eigenvalue weighted by atomic mass is 16.6. The van der Waals surface area contributed by atoms with Crippen LogP contribution >= 0.6 is 0 Å². The monoisotopic (exact) mass is 308 g/mol. The lowest BCUT2D eigenvalue weighted by Gasteiger charge is -2.35. The van der Waals surface area contributed by atoms with Crippen LogP contribution in [0, 0.1) is 0 Å². The summed E-state index contributed by atoms with van der Waals surface area (Å²) in [6.07, 6.45) is 0.867. The number of rotatable bonds is 3. The smallest absolute Gasteiger partial charge is 0.412 e. The van der Waals surface area contributed by atoms with E-state index in [1.807, 2.05) is 6.07 Å². The number of methoxy groups -OCH3 is 1. The summed E-state index contributed by atoms with van der Waals surface area (Å²) in [5.41, 5.74) is 0.943. The fourth-order valence-corrected chi connectivity index (χ4v) is 2.16. The van der Waals surface area contributed by atoms with Crippen LogP contribution < -0.4 is 10.2 Å². The molecule has 0 bridgehead atoms. The third kappa shape index (κ3) is 4.00. The van der Waals surface area contributed by atoms with Crippen molar-refractivity contribution < 1.29 is 19.1 Å². The van der Waals surface area contributed by atoms with E-state index in [0.717, 1.165) is 5.69 Å². The van der Waals surface area contributed by atoms with Gasteiger partial charge in [0.05, 0.1) is 25.6 Å². The molecule has 0 spiro atoms. The van der Waals surface area contributed by atoms with Gasteiger partial charge < -0.3 is 19.3 Å². The number of hydrogen-bond acceptors (Lipinski definition) is 6. The number of pyridine rings is 1. The Morgan fingerprint density at radius 3 is 2.55 bits per heavy atom. The van der Waals surface area contributed by atoms with Crippen molar-refractivity contribution in [3.05, 3.63) is 18.3 Å². The molecule has 1 aliphatic heterocycles. The third-order valence-corrected chi connectivity index (χ3v) is 3.33. The molecule has 1 fully saturated rings. The minimum absolute atomic E-state index is 0.266. The van der Waals surface area contributed by atoms with Gasteiger partial charge in [0.1, 0.15) is 5.82 Å². The van der Waals surface area contributed by atoms with Crippen LogP contribution in [0.1, 0.15) is 6.92 Å². The lowest BCUT2D eigenvalue weighted by Crippen LogP contribution is -2.49. The van der Waals surface area contributed by atoms with Crippen LogP contribution in [0.3, 0.4) is 0 Å². The number of carbonyl (C=O) groups excluding carboxylic acids is 2. The number of nitrogens with one attached hydrogen (secondary N) is 1. The predicted molar refractivity (Wildman–Crippen MR) is 81.1 cm³/mol. The van der Waals surface area contributed by atoms with Crippen molar-refractivity contribution in [1.82, 2.24) is 9.88 Å². The van der Waals surface area contributed by atoms with E-state index in [-0.39, 0.29) is 6.09 Å². The molecular weight excluding hydrogens is 288 g/mol. The first kappa shape index (κ1) is 15.9. The van der Waals surface area contributed by atoms with Crippen molar-refractivity contribution >= 4 is 23.7 Å². The summed E-state index contributed by atoms with van der Waals surface area (Å²) in [5.74, 6) is 0.431. The Morgan fingerprint density at radius 1 is 1.27 bits per heavy atom. The van der Waals surface area contributed by atoms with Gasteiger partial charge in [0.15, 0.2) is 0 Å². The molecule has 0 radical (unpaired) electrons. The van der Waals surface area contributed by atoms with Crippen LogP contribution in [0.25, 0.3) is 0 Å². The van der Waals surface area contributed by atoms with E-state index in [0.29, 0.717) is 38.6 Å². The second-order valence-corrected chi connectivity index (χ2v) is 4.69. The standard InChI is InChI=1S/C14H20N4O4/c1-3-22-14(20)18-8-6-17(7-9-18)11-4-5-12(15-10-11)16-13(19)21-2/h4-5,10H,3,6-9H2,1-2H3,(H,15,16,19). The molecule has 0 aromatic carbocycles. The van der Waals surface area contributed by atoms with E-state index in [9.17, 15) is 9.59 Å². The van der Waals surface area contributed by atoms with E-state index in [1.165, 1.54) is 7.11 Å². The molecule has 22 heavy (non-hydrogen) atoms. The van der Waals surface area contributed by atoms with Gasteiger partial charge in [0.2, 0.25) is 0 Å². The van der Waals surface area contributed by atoms with Gasteiger partial charge in [-0.15, -0.1) is 0 Å². The summed E-state index contributed by atoms with van der Waals surface area (Å²) in [6.45, 7) is 4.83. The number of carbonyl (C=O) groups is 2. The maximum atomic E-state index is 11.6. The number of aromatic nitrogens is 1. The summed E-state index contributed by atoms with van der Waals surface area (Å²) < 4.78 is 9.49. The van der Waals surface area contributed by atoms with E-state index >= 15 is 0 Å². The molecule has 120 valence electrons. The highest BCUT2D eigenvalue weighted by Gasteiger charge is 2.22. The van der Waals surface area contributed by atoms with Gasteiger partial charge in [-0.25, -0.2) is 14.6 Å². The summed E-state index contributed by atoms with van der Waals surface area (Å²) in [5, 5.41) is 2.50. The Balaban J connectivity index is 1.88. The number of piperazine rings is 1. The Bertz CT molecular complexity index is 512. The lowest BCUT2D eigenvalue weighted by atomic mass is 10.3. The fraction of sp³-hybridized carbons (Fsp3) is 0.500. The Hall–Kier alpha value is -2.51. The number of anilines is 2. The third-order valence-electron chi connectivity index (χ3n) is 3.33. The SMILES string of the molecule is CCOC(=O)N1CCN(c2ccc(NC(=O)OC)nc2)CC1. The normalized spacial score (nSPS) is 14.5. The maximum Gasteiger partial charge on any atom is 0.412 e. The van der Waals surface area contributed by atoms with Crippen molar-refractivity contribution in [3.63, 3.8) is 0 Å². The zero-order chi connectivity index (χ0) is 15.9. The van der Waals surface area contributed by atoms with E-state index in [4.69, 9.17) is 4.74 Å². The Labute approximate surface area is 129 Å². The van der Waals surface area contributed by atoms with Gasteiger partial charge in [-0.1, -0.05) is 0 Å². The highest BCUT2D eigenvalue weighted by Crippen LogP contribution is 2.17. The number of ether oxygens (including phenoxy) is 2. The molecule has 1 aromatic rings. The molecule has 2 amide bonds. The second-order valence-electron chi connectivity index (χ2n) is 4.69.